The summed E-state index contributed by atoms with van der Waals surface area (Å²) in [4.78, 5) is 9.44. The van der Waals surface area contributed by atoms with Crippen LogP contribution in [0.2, 0.25) is 0 Å². The lowest BCUT2D eigenvalue weighted by Gasteiger charge is -1.95. The molecule has 0 fully saturated rings. The first-order chi connectivity index (χ1) is 9.70. The maximum Gasteiger partial charge on any atom is 0.126 e. The van der Waals surface area contributed by atoms with Crippen molar-refractivity contribution < 1.29 is 4.79 Å². The maximum atomic E-state index is 9.44. The Morgan fingerprint density at radius 3 is 1.57 bits per heavy atom. The number of ketones is 1. The van der Waals surface area contributed by atoms with E-state index >= 15 is 0 Å². The molecule has 0 amide bonds. The van der Waals surface area contributed by atoms with Crippen LogP contribution < -0.4 is 0 Å². The first-order valence-electron chi connectivity index (χ1n) is 8.23. The lowest BCUT2D eigenvalue weighted by molar-refractivity contribution is -0.114. The average Bonchev–Trinajstić information content (AvgIpc) is 2.37. The molecule has 0 bridgehead atoms. The fourth-order valence-corrected chi connectivity index (χ4v) is 0.932. The van der Waals surface area contributed by atoms with Gasteiger partial charge in [-0.05, 0) is 38.7 Å². The highest BCUT2D eigenvalue weighted by atomic mass is 16.1. The predicted molar refractivity (Wildman–Crippen MR) is 98.0 cm³/mol. The highest BCUT2D eigenvalue weighted by Gasteiger charge is 1.85. The van der Waals surface area contributed by atoms with E-state index in [0.29, 0.717) is 0 Å². The van der Waals surface area contributed by atoms with Crippen LogP contribution in [0.15, 0.2) is 24.3 Å². The van der Waals surface area contributed by atoms with Crippen molar-refractivity contribution in [1.29, 1.82) is 0 Å². The summed E-state index contributed by atoms with van der Waals surface area (Å²) < 4.78 is 0. The SMILES string of the molecule is CC(C)=O.CC(C)C.CCCC.CCc1cccc(C)c1. The van der Waals surface area contributed by atoms with Gasteiger partial charge in [-0.1, -0.05) is 84.2 Å². The van der Waals surface area contributed by atoms with Crippen molar-refractivity contribution in [2.24, 2.45) is 5.92 Å². The van der Waals surface area contributed by atoms with Gasteiger partial charge in [0, 0.05) is 0 Å². The molecule has 1 aromatic rings. The van der Waals surface area contributed by atoms with Crippen molar-refractivity contribution in [1.82, 2.24) is 0 Å². The van der Waals surface area contributed by atoms with E-state index in [1.54, 1.807) is 0 Å². The van der Waals surface area contributed by atoms with Crippen molar-refractivity contribution in [3.63, 3.8) is 0 Å². The number of aryl methyl sites for hydroxylation is 2. The van der Waals surface area contributed by atoms with Crippen LogP contribution in [0.5, 0.6) is 0 Å². The molecule has 0 atom stereocenters. The molecule has 0 aromatic heterocycles. The van der Waals surface area contributed by atoms with Gasteiger partial charge in [0.1, 0.15) is 5.78 Å². The summed E-state index contributed by atoms with van der Waals surface area (Å²) in [6.07, 6.45) is 3.78. The second-order valence-corrected chi connectivity index (χ2v) is 5.98. The monoisotopic (exact) mass is 294 g/mol. The standard InChI is InChI=1S/C9H12.2C4H10.C3H6O/c1-3-9-6-4-5-8(2)7-9;1-4(2)3;1-3-4-2;1-3(2)4/h4-7H,3H2,1-2H3;4H,1-3H3;3-4H2,1-2H3;1-2H3. The molecular formula is C20H38O. The third-order valence-corrected chi connectivity index (χ3v) is 1.99. The normalized spacial score (nSPS) is 8.48. The van der Waals surface area contributed by atoms with Gasteiger partial charge in [-0.25, -0.2) is 0 Å². The maximum absolute atomic E-state index is 9.44. The van der Waals surface area contributed by atoms with E-state index in [2.05, 4.69) is 72.7 Å². The molecule has 21 heavy (non-hydrogen) atoms. The van der Waals surface area contributed by atoms with Crippen molar-refractivity contribution in [2.45, 2.75) is 81.6 Å². The molecular weight excluding hydrogens is 256 g/mol. The Balaban J connectivity index is -0.000000230. The Morgan fingerprint density at radius 1 is 1.00 bits per heavy atom. The van der Waals surface area contributed by atoms with Crippen LogP contribution in [0.25, 0.3) is 0 Å². The number of unbranched alkanes of at least 4 members (excludes halogenated alkanes) is 1. The number of rotatable bonds is 2. The van der Waals surface area contributed by atoms with Crippen LogP contribution in [0, 0.1) is 12.8 Å². The Labute approximate surface area is 134 Å². The Hall–Kier alpha value is -1.11. The van der Waals surface area contributed by atoms with Gasteiger partial charge in [0.15, 0.2) is 0 Å². The largest absolute Gasteiger partial charge is 0.300 e. The van der Waals surface area contributed by atoms with E-state index in [-0.39, 0.29) is 5.78 Å². The minimum absolute atomic E-state index is 0.167. The van der Waals surface area contributed by atoms with Crippen molar-refractivity contribution in [3.05, 3.63) is 35.4 Å². The topological polar surface area (TPSA) is 17.1 Å². The van der Waals surface area contributed by atoms with Gasteiger partial charge in [0.05, 0.1) is 0 Å². The molecule has 0 spiro atoms. The van der Waals surface area contributed by atoms with Crippen LogP contribution >= 0.6 is 0 Å². The molecule has 1 rings (SSSR count). The molecule has 0 unspecified atom stereocenters. The number of hydrogen-bond acceptors (Lipinski definition) is 1. The zero-order valence-corrected chi connectivity index (χ0v) is 15.9. The zero-order chi connectivity index (χ0) is 17.3. The second-order valence-electron chi connectivity index (χ2n) is 5.98. The van der Waals surface area contributed by atoms with Crippen LogP contribution in [0.4, 0.5) is 0 Å². The number of carbonyl (C=O) groups excluding carboxylic acids is 1. The molecule has 0 saturated heterocycles. The summed E-state index contributed by atoms with van der Waals surface area (Å²) in [6.45, 7) is 18.2. The van der Waals surface area contributed by atoms with Crippen molar-refractivity contribution >= 4 is 5.78 Å². The van der Waals surface area contributed by atoms with E-state index in [1.807, 2.05) is 0 Å². The summed E-state index contributed by atoms with van der Waals surface area (Å²) in [6, 6.07) is 8.61. The van der Waals surface area contributed by atoms with Crippen molar-refractivity contribution in [2.75, 3.05) is 0 Å². The van der Waals surface area contributed by atoms with Gasteiger partial charge >= 0.3 is 0 Å². The molecule has 0 aliphatic carbocycles. The number of carbonyl (C=O) groups is 1. The van der Waals surface area contributed by atoms with Crippen molar-refractivity contribution in [3.8, 4) is 0 Å². The van der Waals surface area contributed by atoms with E-state index in [9.17, 15) is 4.79 Å². The van der Waals surface area contributed by atoms with E-state index in [1.165, 1.54) is 37.8 Å². The molecule has 0 aliphatic rings. The smallest absolute Gasteiger partial charge is 0.126 e. The lowest BCUT2D eigenvalue weighted by Crippen LogP contribution is -1.78. The number of Topliss-reactive ketones (excluding diaryl/α,β-unsaturated/α-hetero) is 1. The minimum atomic E-state index is 0.167. The highest BCUT2D eigenvalue weighted by molar-refractivity contribution is 5.72. The predicted octanol–water partition coefficient (Wildman–Crippen LogP) is 6.62. The summed E-state index contributed by atoms with van der Waals surface area (Å²) in [5.74, 6) is 1.00. The summed E-state index contributed by atoms with van der Waals surface area (Å²) >= 11 is 0. The van der Waals surface area contributed by atoms with Gasteiger partial charge < -0.3 is 4.79 Å². The van der Waals surface area contributed by atoms with Crippen LogP contribution in [0.1, 0.15) is 79.4 Å². The Morgan fingerprint density at radius 2 is 1.38 bits per heavy atom. The molecule has 1 aromatic carbocycles. The van der Waals surface area contributed by atoms with Crippen LogP contribution in [0.3, 0.4) is 0 Å². The lowest BCUT2D eigenvalue weighted by atomic mass is 10.1. The quantitative estimate of drug-likeness (QED) is 0.599. The highest BCUT2D eigenvalue weighted by Crippen LogP contribution is 2.03. The van der Waals surface area contributed by atoms with Crippen LogP contribution in [-0.2, 0) is 11.2 Å². The summed E-state index contributed by atoms with van der Waals surface area (Å²) in [7, 11) is 0. The third kappa shape index (κ3) is 38.1. The number of hydrogen-bond donors (Lipinski definition) is 0. The fraction of sp³-hybridized carbons (Fsp3) is 0.650. The molecule has 1 nitrogen and oxygen atoms in total. The zero-order valence-electron chi connectivity index (χ0n) is 15.9. The fourth-order valence-electron chi connectivity index (χ4n) is 0.932. The minimum Gasteiger partial charge on any atom is -0.300 e. The Kier molecular flexibility index (Phi) is 22.4. The van der Waals surface area contributed by atoms with Gasteiger partial charge in [-0.3, -0.25) is 0 Å². The van der Waals surface area contributed by atoms with Gasteiger partial charge in [0.2, 0.25) is 0 Å². The van der Waals surface area contributed by atoms with E-state index in [4.69, 9.17) is 0 Å². The van der Waals surface area contributed by atoms with Gasteiger partial charge in [0.25, 0.3) is 0 Å². The summed E-state index contributed by atoms with van der Waals surface area (Å²) in [5.41, 5.74) is 2.78. The first-order valence-corrected chi connectivity index (χ1v) is 8.23. The van der Waals surface area contributed by atoms with Gasteiger partial charge in [-0.2, -0.15) is 0 Å². The first kappa shape index (κ1) is 24.9. The molecule has 124 valence electrons. The van der Waals surface area contributed by atoms with Crippen LogP contribution in [-0.4, -0.2) is 5.78 Å². The molecule has 0 heterocycles. The van der Waals surface area contributed by atoms with E-state index < -0.39 is 0 Å². The van der Waals surface area contributed by atoms with E-state index in [0.717, 1.165) is 12.3 Å². The van der Waals surface area contributed by atoms with Gasteiger partial charge in [-0.15, -0.1) is 0 Å². The second kappa shape index (κ2) is 18.9. The third-order valence-electron chi connectivity index (χ3n) is 1.99. The molecule has 0 aliphatic heterocycles. The number of benzene rings is 1. The molecule has 0 radical (unpaired) electrons. The average molecular weight is 295 g/mol. The summed E-state index contributed by atoms with van der Waals surface area (Å²) in [5, 5.41) is 0. The Bertz CT molecular complexity index is 318. The molecule has 1 heteroatoms. The molecule has 0 N–H and O–H groups in total. The molecule has 0 saturated carbocycles.